The first-order chi connectivity index (χ1) is 10.3. The number of halogens is 1. The van der Waals surface area contributed by atoms with Gasteiger partial charge in [0.15, 0.2) is 5.96 Å². The minimum atomic E-state index is -0.470. The summed E-state index contributed by atoms with van der Waals surface area (Å²) in [6, 6.07) is 0.0812. The second-order valence-corrected chi connectivity index (χ2v) is 6.69. The largest absolute Gasteiger partial charge is 0.444 e. The number of nitrogens with zero attached hydrogens (tertiary/aromatic N) is 3. The van der Waals surface area contributed by atoms with Crippen molar-refractivity contribution in [2.75, 3.05) is 26.2 Å². The standard InChI is InChI=1S/C16H32N4O2.HI/c1-6-19(7-2)14(17)18-12-13-10-8-9-11-20(13)15(21)22-16(3,4)5;/h13H,6-12H2,1-5H3,(H2,17,18);1H. The number of hydrogen-bond donors (Lipinski definition) is 1. The number of piperidine rings is 1. The maximum absolute atomic E-state index is 12.3. The van der Waals surface area contributed by atoms with Crippen LogP contribution in [0.2, 0.25) is 0 Å². The van der Waals surface area contributed by atoms with E-state index in [-0.39, 0.29) is 36.1 Å². The Bertz CT molecular complexity index is 392. The maximum atomic E-state index is 12.3. The van der Waals surface area contributed by atoms with Crippen molar-refractivity contribution in [2.45, 2.75) is 65.5 Å². The average Bonchev–Trinajstić information content (AvgIpc) is 2.45. The van der Waals surface area contributed by atoms with E-state index in [2.05, 4.69) is 18.8 Å². The third-order valence-electron chi connectivity index (χ3n) is 3.81. The lowest BCUT2D eigenvalue weighted by atomic mass is 10.0. The van der Waals surface area contributed by atoms with Crippen LogP contribution in [0.5, 0.6) is 0 Å². The topological polar surface area (TPSA) is 71.2 Å². The molecule has 1 fully saturated rings. The zero-order valence-corrected chi connectivity index (χ0v) is 17.5. The van der Waals surface area contributed by atoms with Crippen molar-refractivity contribution >= 4 is 36.0 Å². The molecule has 23 heavy (non-hydrogen) atoms. The molecule has 0 aromatic carbocycles. The zero-order chi connectivity index (χ0) is 16.8. The maximum Gasteiger partial charge on any atom is 0.410 e. The molecule has 0 radical (unpaired) electrons. The van der Waals surface area contributed by atoms with Crippen LogP contribution in [-0.4, -0.2) is 59.7 Å². The molecule has 0 spiro atoms. The Balaban J connectivity index is 0.00000484. The van der Waals surface area contributed by atoms with Gasteiger partial charge >= 0.3 is 6.09 Å². The summed E-state index contributed by atoms with van der Waals surface area (Å²) in [5, 5.41) is 0. The predicted molar refractivity (Wildman–Crippen MR) is 105 cm³/mol. The van der Waals surface area contributed by atoms with Gasteiger partial charge in [0.2, 0.25) is 0 Å². The van der Waals surface area contributed by atoms with E-state index in [4.69, 9.17) is 10.5 Å². The summed E-state index contributed by atoms with van der Waals surface area (Å²) < 4.78 is 5.50. The molecule has 1 unspecified atom stereocenters. The highest BCUT2D eigenvalue weighted by Gasteiger charge is 2.30. The van der Waals surface area contributed by atoms with Gasteiger partial charge in [0.1, 0.15) is 5.60 Å². The third-order valence-corrected chi connectivity index (χ3v) is 3.81. The number of guanidine groups is 1. The highest BCUT2D eigenvalue weighted by atomic mass is 127. The Morgan fingerprint density at radius 1 is 1.30 bits per heavy atom. The van der Waals surface area contributed by atoms with E-state index in [9.17, 15) is 4.79 Å². The van der Waals surface area contributed by atoms with Gasteiger partial charge in [-0.3, -0.25) is 4.99 Å². The number of carbonyl (C=O) groups is 1. The average molecular weight is 440 g/mol. The van der Waals surface area contributed by atoms with Gasteiger partial charge in [-0.05, 0) is 53.9 Å². The van der Waals surface area contributed by atoms with Crippen LogP contribution in [0.4, 0.5) is 4.79 Å². The Kier molecular flexibility index (Phi) is 9.88. The summed E-state index contributed by atoms with van der Waals surface area (Å²) in [5.41, 5.74) is 5.55. The molecule has 7 heteroatoms. The molecular weight excluding hydrogens is 407 g/mol. The van der Waals surface area contributed by atoms with Gasteiger partial charge in [-0.15, -0.1) is 24.0 Å². The van der Waals surface area contributed by atoms with Crippen LogP contribution < -0.4 is 5.73 Å². The smallest absolute Gasteiger partial charge is 0.410 e. The number of carbonyl (C=O) groups excluding carboxylic acids is 1. The fraction of sp³-hybridized carbons (Fsp3) is 0.875. The molecule has 2 N–H and O–H groups in total. The van der Waals surface area contributed by atoms with Crippen LogP contribution in [-0.2, 0) is 4.74 Å². The van der Waals surface area contributed by atoms with E-state index in [1.54, 1.807) is 0 Å². The Hall–Kier alpha value is -0.730. The molecule has 0 bridgehead atoms. The fourth-order valence-electron chi connectivity index (χ4n) is 2.60. The van der Waals surface area contributed by atoms with Crippen LogP contribution >= 0.6 is 24.0 Å². The summed E-state index contributed by atoms with van der Waals surface area (Å²) in [4.78, 5) is 20.6. The number of likely N-dealkylation sites (tertiary alicyclic amines) is 1. The molecule has 6 nitrogen and oxygen atoms in total. The number of nitrogens with two attached hydrogens (primary N) is 1. The van der Waals surface area contributed by atoms with E-state index in [1.165, 1.54) is 0 Å². The first-order valence-corrected chi connectivity index (χ1v) is 8.33. The Morgan fingerprint density at radius 2 is 1.91 bits per heavy atom. The minimum absolute atomic E-state index is 0. The number of rotatable bonds is 4. The van der Waals surface area contributed by atoms with Crippen molar-refractivity contribution in [2.24, 2.45) is 10.7 Å². The van der Waals surface area contributed by atoms with Crippen molar-refractivity contribution < 1.29 is 9.53 Å². The molecule has 1 amide bonds. The lowest BCUT2D eigenvalue weighted by Gasteiger charge is -2.36. The number of ether oxygens (including phenoxy) is 1. The fourth-order valence-corrected chi connectivity index (χ4v) is 2.60. The summed E-state index contributed by atoms with van der Waals surface area (Å²) in [5.74, 6) is 0.555. The Labute approximate surface area is 157 Å². The summed E-state index contributed by atoms with van der Waals surface area (Å²) in [6.45, 7) is 12.7. The van der Waals surface area contributed by atoms with Gasteiger partial charge < -0.3 is 20.3 Å². The SMILES string of the molecule is CCN(CC)C(N)=NCC1CCCCN1C(=O)OC(C)(C)C.I. The molecule has 136 valence electrons. The molecule has 0 saturated carbocycles. The highest BCUT2D eigenvalue weighted by molar-refractivity contribution is 14.0. The van der Waals surface area contributed by atoms with E-state index in [1.807, 2.05) is 30.6 Å². The summed E-state index contributed by atoms with van der Waals surface area (Å²) in [7, 11) is 0. The van der Waals surface area contributed by atoms with Crippen molar-refractivity contribution in [3.63, 3.8) is 0 Å². The summed E-state index contributed by atoms with van der Waals surface area (Å²) >= 11 is 0. The monoisotopic (exact) mass is 440 g/mol. The second-order valence-electron chi connectivity index (χ2n) is 6.69. The molecule has 1 rings (SSSR count). The van der Waals surface area contributed by atoms with Crippen LogP contribution in [0.25, 0.3) is 0 Å². The molecule has 1 saturated heterocycles. The zero-order valence-electron chi connectivity index (χ0n) is 15.2. The lowest BCUT2D eigenvalue weighted by Crippen LogP contribution is -2.48. The Morgan fingerprint density at radius 3 is 2.43 bits per heavy atom. The first-order valence-electron chi connectivity index (χ1n) is 8.33. The van der Waals surface area contributed by atoms with E-state index < -0.39 is 5.60 Å². The predicted octanol–water partition coefficient (Wildman–Crippen LogP) is 3.05. The first kappa shape index (κ1) is 22.3. The number of amides is 1. The molecule has 0 aliphatic carbocycles. The quantitative estimate of drug-likeness (QED) is 0.415. The molecular formula is C16H33IN4O2. The molecule has 0 aromatic rings. The molecule has 1 atom stereocenters. The van der Waals surface area contributed by atoms with Gasteiger partial charge in [-0.25, -0.2) is 4.79 Å². The third kappa shape index (κ3) is 7.58. The van der Waals surface area contributed by atoms with Gasteiger partial charge in [0.05, 0.1) is 12.6 Å². The van der Waals surface area contributed by atoms with Crippen LogP contribution in [0, 0.1) is 0 Å². The van der Waals surface area contributed by atoms with E-state index in [0.717, 1.165) is 38.9 Å². The number of hydrogen-bond acceptors (Lipinski definition) is 3. The van der Waals surface area contributed by atoms with Crippen LogP contribution in [0.15, 0.2) is 4.99 Å². The highest BCUT2D eigenvalue weighted by Crippen LogP contribution is 2.20. The number of aliphatic imine (C=N–C) groups is 1. The summed E-state index contributed by atoms with van der Waals surface area (Å²) in [6.07, 6.45) is 2.85. The van der Waals surface area contributed by atoms with Gasteiger partial charge in [0.25, 0.3) is 0 Å². The van der Waals surface area contributed by atoms with Gasteiger partial charge in [-0.1, -0.05) is 0 Å². The van der Waals surface area contributed by atoms with Crippen molar-refractivity contribution in [3.05, 3.63) is 0 Å². The normalized spacial score (nSPS) is 19.1. The van der Waals surface area contributed by atoms with Crippen LogP contribution in [0.3, 0.4) is 0 Å². The second kappa shape index (κ2) is 10.2. The van der Waals surface area contributed by atoms with Crippen molar-refractivity contribution in [1.29, 1.82) is 0 Å². The lowest BCUT2D eigenvalue weighted by molar-refractivity contribution is 0.0109. The molecule has 1 aliphatic heterocycles. The molecule has 0 aromatic heterocycles. The van der Waals surface area contributed by atoms with Gasteiger partial charge in [-0.2, -0.15) is 0 Å². The van der Waals surface area contributed by atoms with Gasteiger partial charge in [0, 0.05) is 19.6 Å². The minimum Gasteiger partial charge on any atom is -0.444 e. The van der Waals surface area contributed by atoms with Crippen molar-refractivity contribution in [3.8, 4) is 0 Å². The molecule has 1 aliphatic rings. The van der Waals surface area contributed by atoms with E-state index >= 15 is 0 Å². The van der Waals surface area contributed by atoms with Crippen LogP contribution in [0.1, 0.15) is 53.9 Å². The molecule has 1 heterocycles. The van der Waals surface area contributed by atoms with E-state index in [0.29, 0.717) is 12.5 Å². The van der Waals surface area contributed by atoms with Crippen molar-refractivity contribution in [1.82, 2.24) is 9.80 Å².